The number of hydrogen-bond donors (Lipinski definition) is 1. The quantitative estimate of drug-likeness (QED) is 0.802. The van der Waals surface area contributed by atoms with Crippen LogP contribution in [0.2, 0.25) is 0 Å². The zero-order chi connectivity index (χ0) is 18.9. The Morgan fingerprint density at radius 1 is 1.27 bits per heavy atom. The number of likely N-dealkylation sites (tertiary alicyclic amines) is 1. The number of methoxy groups -OCH3 is 2. The SMILES string of the molecule is COc1ccc(-c2noc(C3CCN(C)CC3)n2)cc1OC.NCC=O. The van der Waals surface area contributed by atoms with Gasteiger partial charge in [0.2, 0.25) is 11.7 Å². The van der Waals surface area contributed by atoms with Crippen molar-refractivity contribution in [2.75, 3.05) is 40.9 Å². The van der Waals surface area contributed by atoms with Crippen LogP contribution < -0.4 is 15.2 Å². The molecular formula is C18H26N4O4. The third-order valence-electron chi connectivity index (χ3n) is 4.25. The molecule has 142 valence electrons. The molecule has 1 aromatic carbocycles. The maximum absolute atomic E-state index is 9.05. The first-order valence-electron chi connectivity index (χ1n) is 8.51. The third kappa shape index (κ3) is 5.03. The van der Waals surface area contributed by atoms with Crippen molar-refractivity contribution in [2.45, 2.75) is 18.8 Å². The lowest BCUT2D eigenvalue weighted by molar-refractivity contribution is -0.106. The van der Waals surface area contributed by atoms with Gasteiger partial charge in [0.1, 0.15) is 6.29 Å². The van der Waals surface area contributed by atoms with Gasteiger partial charge in [0.25, 0.3) is 0 Å². The van der Waals surface area contributed by atoms with Gasteiger partial charge in [-0.1, -0.05) is 5.16 Å². The zero-order valence-corrected chi connectivity index (χ0v) is 15.5. The lowest BCUT2D eigenvalue weighted by Gasteiger charge is -2.26. The molecule has 8 heteroatoms. The first-order chi connectivity index (χ1) is 12.6. The highest BCUT2D eigenvalue weighted by molar-refractivity contribution is 5.60. The number of hydrogen-bond acceptors (Lipinski definition) is 8. The van der Waals surface area contributed by atoms with Crippen LogP contribution >= 0.6 is 0 Å². The van der Waals surface area contributed by atoms with E-state index in [1.165, 1.54) is 0 Å². The molecule has 1 saturated heterocycles. The van der Waals surface area contributed by atoms with Crippen molar-refractivity contribution in [3.8, 4) is 22.9 Å². The summed E-state index contributed by atoms with van der Waals surface area (Å²) < 4.78 is 16.0. The summed E-state index contributed by atoms with van der Waals surface area (Å²) >= 11 is 0. The average Bonchev–Trinajstić information content (AvgIpc) is 3.18. The Morgan fingerprint density at radius 2 is 1.92 bits per heavy atom. The van der Waals surface area contributed by atoms with Gasteiger partial charge in [-0.15, -0.1) is 0 Å². The average molecular weight is 362 g/mol. The highest BCUT2D eigenvalue weighted by Crippen LogP contribution is 2.32. The maximum Gasteiger partial charge on any atom is 0.230 e. The molecule has 1 aliphatic heterocycles. The normalized spacial score (nSPS) is 15.1. The lowest BCUT2D eigenvalue weighted by atomic mass is 9.97. The van der Waals surface area contributed by atoms with Gasteiger partial charge in [-0.05, 0) is 51.2 Å². The fraction of sp³-hybridized carbons (Fsp3) is 0.500. The molecule has 0 atom stereocenters. The second kappa shape index (κ2) is 9.88. The summed E-state index contributed by atoms with van der Waals surface area (Å²) in [6.45, 7) is 2.28. The third-order valence-corrected chi connectivity index (χ3v) is 4.25. The smallest absolute Gasteiger partial charge is 0.230 e. The molecular weight excluding hydrogens is 336 g/mol. The number of benzene rings is 1. The van der Waals surface area contributed by atoms with Crippen LogP contribution in [-0.4, -0.2) is 62.2 Å². The molecule has 2 heterocycles. The molecule has 8 nitrogen and oxygen atoms in total. The summed E-state index contributed by atoms with van der Waals surface area (Å²) in [7, 11) is 5.37. The van der Waals surface area contributed by atoms with E-state index in [4.69, 9.17) is 18.8 Å². The van der Waals surface area contributed by atoms with E-state index in [9.17, 15) is 0 Å². The molecule has 0 unspecified atom stereocenters. The van der Waals surface area contributed by atoms with Gasteiger partial charge in [-0.25, -0.2) is 0 Å². The molecule has 1 aliphatic rings. The molecule has 1 fully saturated rings. The van der Waals surface area contributed by atoms with Crippen LogP contribution in [0.5, 0.6) is 11.5 Å². The number of carbonyl (C=O) groups excluding carboxylic acids is 1. The Bertz CT molecular complexity index is 696. The molecule has 0 saturated carbocycles. The minimum atomic E-state index is 0.139. The summed E-state index contributed by atoms with van der Waals surface area (Å²) in [5.41, 5.74) is 5.52. The van der Waals surface area contributed by atoms with Gasteiger partial charge >= 0.3 is 0 Å². The van der Waals surface area contributed by atoms with Gasteiger partial charge in [-0.2, -0.15) is 4.98 Å². The maximum atomic E-state index is 9.05. The fourth-order valence-electron chi connectivity index (χ4n) is 2.75. The van der Waals surface area contributed by atoms with E-state index in [0.717, 1.165) is 37.4 Å². The van der Waals surface area contributed by atoms with E-state index < -0.39 is 0 Å². The Hall–Kier alpha value is -2.45. The van der Waals surface area contributed by atoms with Gasteiger partial charge < -0.3 is 29.4 Å². The summed E-state index contributed by atoms with van der Waals surface area (Å²) in [5.74, 6) is 3.03. The van der Waals surface area contributed by atoms with E-state index in [0.29, 0.717) is 29.5 Å². The molecule has 0 radical (unpaired) electrons. The first-order valence-corrected chi connectivity index (χ1v) is 8.51. The van der Waals surface area contributed by atoms with Gasteiger partial charge in [-0.3, -0.25) is 0 Å². The van der Waals surface area contributed by atoms with Crippen molar-refractivity contribution in [3.63, 3.8) is 0 Å². The molecule has 0 aliphatic carbocycles. The van der Waals surface area contributed by atoms with Gasteiger partial charge in [0.05, 0.1) is 14.2 Å². The Balaban J connectivity index is 0.000000552. The standard InChI is InChI=1S/C16H21N3O3.C2H5NO/c1-19-8-6-11(7-9-19)16-17-15(18-22-16)12-4-5-13(20-2)14(10-12)21-3;3-1-2-4/h4-5,10-11H,6-9H2,1-3H3;2H,1,3H2. The van der Waals surface area contributed by atoms with Crippen LogP contribution in [0.15, 0.2) is 22.7 Å². The molecule has 2 N–H and O–H groups in total. The number of carbonyl (C=O) groups is 1. The summed E-state index contributed by atoms with van der Waals surface area (Å²) in [6, 6.07) is 5.62. The van der Waals surface area contributed by atoms with Crippen LogP contribution in [0.4, 0.5) is 0 Å². The molecule has 3 rings (SSSR count). The zero-order valence-electron chi connectivity index (χ0n) is 15.5. The van der Waals surface area contributed by atoms with E-state index in [2.05, 4.69) is 27.8 Å². The van der Waals surface area contributed by atoms with E-state index in [1.807, 2.05) is 18.2 Å². The number of rotatable bonds is 5. The summed E-state index contributed by atoms with van der Waals surface area (Å²) in [5, 5.41) is 4.12. The number of nitrogens with zero attached hydrogens (tertiary/aromatic N) is 3. The second-order valence-corrected chi connectivity index (χ2v) is 6.01. The molecule has 2 aromatic rings. The Kier molecular flexibility index (Phi) is 7.55. The number of nitrogens with two attached hydrogens (primary N) is 1. The minimum Gasteiger partial charge on any atom is -0.493 e. The minimum absolute atomic E-state index is 0.139. The van der Waals surface area contributed by atoms with Crippen LogP contribution in [-0.2, 0) is 4.79 Å². The fourth-order valence-corrected chi connectivity index (χ4v) is 2.75. The number of ether oxygens (including phenoxy) is 2. The lowest BCUT2D eigenvalue weighted by Crippen LogP contribution is -2.29. The monoisotopic (exact) mass is 362 g/mol. The van der Waals surface area contributed by atoms with Crippen molar-refractivity contribution in [2.24, 2.45) is 5.73 Å². The van der Waals surface area contributed by atoms with Gasteiger partial charge in [0, 0.05) is 18.0 Å². The van der Waals surface area contributed by atoms with Crippen molar-refractivity contribution in [3.05, 3.63) is 24.1 Å². The van der Waals surface area contributed by atoms with Crippen molar-refractivity contribution in [1.82, 2.24) is 15.0 Å². The first kappa shape index (κ1) is 19.9. The Morgan fingerprint density at radius 3 is 2.50 bits per heavy atom. The van der Waals surface area contributed by atoms with Gasteiger partial charge in [0.15, 0.2) is 11.5 Å². The molecule has 0 spiro atoms. The number of aromatic nitrogens is 2. The molecule has 1 aromatic heterocycles. The van der Waals surface area contributed by atoms with Crippen LogP contribution in [0, 0.1) is 0 Å². The highest BCUT2D eigenvalue weighted by Gasteiger charge is 2.24. The number of aldehydes is 1. The number of piperidine rings is 1. The van der Waals surface area contributed by atoms with E-state index in [1.54, 1.807) is 14.2 Å². The van der Waals surface area contributed by atoms with Crippen LogP contribution in [0.1, 0.15) is 24.7 Å². The van der Waals surface area contributed by atoms with E-state index in [-0.39, 0.29) is 6.54 Å². The van der Waals surface area contributed by atoms with Crippen molar-refractivity contribution >= 4 is 6.29 Å². The molecule has 0 bridgehead atoms. The topological polar surface area (TPSA) is 104 Å². The predicted molar refractivity (Wildman–Crippen MR) is 97.4 cm³/mol. The van der Waals surface area contributed by atoms with Crippen LogP contribution in [0.3, 0.4) is 0 Å². The predicted octanol–water partition coefficient (Wildman–Crippen LogP) is 1.71. The highest BCUT2D eigenvalue weighted by atomic mass is 16.5. The van der Waals surface area contributed by atoms with E-state index >= 15 is 0 Å². The molecule has 0 amide bonds. The summed E-state index contributed by atoms with van der Waals surface area (Å²) in [6.07, 6.45) is 2.77. The summed E-state index contributed by atoms with van der Waals surface area (Å²) in [4.78, 5) is 15.9. The largest absolute Gasteiger partial charge is 0.493 e. The van der Waals surface area contributed by atoms with Crippen molar-refractivity contribution < 1.29 is 18.8 Å². The van der Waals surface area contributed by atoms with Crippen LogP contribution in [0.25, 0.3) is 11.4 Å². The Labute approximate surface area is 153 Å². The van der Waals surface area contributed by atoms with Crippen molar-refractivity contribution in [1.29, 1.82) is 0 Å². The second-order valence-electron chi connectivity index (χ2n) is 6.01. The molecule has 26 heavy (non-hydrogen) atoms.